The number of anilines is 1. The molecular weight excluding hydrogens is 285 g/mol. The smallest absolute Gasteiger partial charge is 0.227 e. The van der Waals surface area contributed by atoms with Crippen LogP contribution in [0.4, 0.5) is 10.1 Å². The van der Waals surface area contributed by atoms with Crippen LogP contribution in [0.15, 0.2) is 18.2 Å². The minimum absolute atomic E-state index is 0.000116. The van der Waals surface area contributed by atoms with E-state index in [4.69, 9.17) is 10.00 Å². The standard InChI is InChI=1S/C16H18FN3O2/c17-15-9-13(2-1-12(15)10-18)20-14(3-4-16(20)21)11-19-5-7-22-8-6-19/h1-2,9,14H,3-8,11H2/t14-/m0/s1. The van der Waals surface area contributed by atoms with Crippen molar-refractivity contribution in [2.24, 2.45) is 0 Å². The Kier molecular flexibility index (Phi) is 4.36. The average molecular weight is 303 g/mol. The third kappa shape index (κ3) is 2.96. The van der Waals surface area contributed by atoms with Crippen LogP contribution in [0.5, 0.6) is 0 Å². The number of hydrogen-bond acceptors (Lipinski definition) is 4. The lowest BCUT2D eigenvalue weighted by Crippen LogP contribution is -2.46. The van der Waals surface area contributed by atoms with Gasteiger partial charge in [0.25, 0.3) is 0 Å². The van der Waals surface area contributed by atoms with E-state index in [1.165, 1.54) is 12.1 Å². The second-order valence-electron chi connectivity index (χ2n) is 5.65. The normalized spacial score (nSPS) is 22.8. The number of carbonyl (C=O) groups is 1. The quantitative estimate of drug-likeness (QED) is 0.849. The van der Waals surface area contributed by atoms with Gasteiger partial charge < -0.3 is 9.64 Å². The molecule has 0 spiro atoms. The van der Waals surface area contributed by atoms with Gasteiger partial charge in [-0.3, -0.25) is 9.69 Å². The number of amides is 1. The summed E-state index contributed by atoms with van der Waals surface area (Å²) in [6.45, 7) is 3.93. The predicted molar refractivity (Wildman–Crippen MR) is 78.9 cm³/mol. The number of carbonyl (C=O) groups excluding carboxylic acids is 1. The number of morpholine rings is 1. The molecule has 0 aliphatic carbocycles. The molecule has 2 fully saturated rings. The second-order valence-corrected chi connectivity index (χ2v) is 5.65. The van der Waals surface area contributed by atoms with Crippen LogP contribution in [0.3, 0.4) is 0 Å². The Labute approximate surface area is 128 Å². The van der Waals surface area contributed by atoms with E-state index in [-0.39, 0.29) is 17.5 Å². The molecule has 2 heterocycles. The molecular formula is C16H18FN3O2. The summed E-state index contributed by atoms with van der Waals surface area (Å²) in [7, 11) is 0. The fourth-order valence-corrected chi connectivity index (χ4v) is 3.10. The van der Waals surface area contributed by atoms with Gasteiger partial charge in [0.2, 0.25) is 5.91 Å². The predicted octanol–water partition coefficient (Wildman–Crippen LogP) is 1.52. The van der Waals surface area contributed by atoms with Gasteiger partial charge in [-0.25, -0.2) is 4.39 Å². The van der Waals surface area contributed by atoms with Gasteiger partial charge in [-0.05, 0) is 24.6 Å². The molecule has 116 valence electrons. The van der Waals surface area contributed by atoms with Crippen molar-refractivity contribution in [2.45, 2.75) is 18.9 Å². The van der Waals surface area contributed by atoms with Gasteiger partial charge in [0.05, 0.1) is 24.8 Å². The zero-order chi connectivity index (χ0) is 15.5. The molecule has 1 amide bonds. The molecule has 0 aromatic heterocycles. The molecule has 5 nitrogen and oxygen atoms in total. The molecule has 2 saturated heterocycles. The highest BCUT2D eigenvalue weighted by atomic mass is 19.1. The fourth-order valence-electron chi connectivity index (χ4n) is 3.10. The van der Waals surface area contributed by atoms with Crippen molar-refractivity contribution < 1.29 is 13.9 Å². The van der Waals surface area contributed by atoms with Crippen molar-refractivity contribution in [3.8, 4) is 6.07 Å². The summed E-state index contributed by atoms with van der Waals surface area (Å²) in [5.74, 6) is -0.563. The molecule has 2 aliphatic rings. The Bertz CT molecular complexity index is 608. The van der Waals surface area contributed by atoms with Crippen LogP contribution in [0.1, 0.15) is 18.4 Å². The number of benzene rings is 1. The fraction of sp³-hybridized carbons (Fsp3) is 0.500. The lowest BCUT2D eigenvalue weighted by molar-refractivity contribution is -0.117. The zero-order valence-electron chi connectivity index (χ0n) is 12.3. The Hall–Kier alpha value is -1.97. The monoisotopic (exact) mass is 303 g/mol. The molecule has 0 radical (unpaired) electrons. The van der Waals surface area contributed by atoms with Crippen molar-refractivity contribution >= 4 is 11.6 Å². The van der Waals surface area contributed by atoms with E-state index >= 15 is 0 Å². The van der Waals surface area contributed by atoms with Gasteiger partial charge in [-0.15, -0.1) is 0 Å². The van der Waals surface area contributed by atoms with Crippen LogP contribution in [0.25, 0.3) is 0 Å². The number of ether oxygens (including phenoxy) is 1. The maximum absolute atomic E-state index is 13.8. The van der Waals surface area contributed by atoms with E-state index < -0.39 is 5.82 Å². The molecule has 6 heteroatoms. The molecule has 0 unspecified atom stereocenters. The molecule has 3 rings (SSSR count). The van der Waals surface area contributed by atoms with Crippen LogP contribution in [0.2, 0.25) is 0 Å². The number of rotatable bonds is 3. The van der Waals surface area contributed by atoms with Gasteiger partial charge in [-0.2, -0.15) is 5.26 Å². The summed E-state index contributed by atoms with van der Waals surface area (Å²) in [4.78, 5) is 16.1. The lowest BCUT2D eigenvalue weighted by Gasteiger charge is -2.33. The molecule has 2 aliphatic heterocycles. The average Bonchev–Trinajstić information content (AvgIpc) is 2.89. The highest BCUT2D eigenvalue weighted by molar-refractivity contribution is 5.96. The highest BCUT2D eigenvalue weighted by Crippen LogP contribution is 2.28. The number of halogens is 1. The maximum Gasteiger partial charge on any atom is 0.227 e. The summed E-state index contributed by atoms with van der Waals surface area (Å²) in [5, 5.41) is 8.81. The SMILES string of the molecule is N#Cc1ccc(N2C(=O)CC[C@H]2CN2CCOCC2)cc1F. The van der Waals surface area contributed by atoms with Crippen molar-refractivity contribution in [2.75, 3.05) is 37.7 Å². The second kappa shape index (κ2) is 6.42. The third-order valence-electron chi connectivity index (χ3n) is 4.25. The number of nitrogens with zero attached hydrogens (tertiary/aromatic N) is 3. The van der Waals surface area contributed by atoms with Gasteiger partial charge in [0, 0.05) is 31.7 Å². The number of hydrogen-bond donors (Lipinski definition) is 0. The summed E-state index contributed by atoms with van der Waals surface area (Å²) in [5.41, 5.74) is 0.539. The summed E-state index contributed by atoms with van der Waals surface area (Å²) >= 11 is 0. The Morgan fingerprint density at radius 1 is 1.36 bits per heavy atom. The van der Waals surface area contributed by atoms with E-state index in [0.717, 1.165) is 26.1 Å². The van der Waals surface area contributed by atoms with Crippen molar-refractivity contribution in [1.82, 2.24) is 4.90 Å². The first-order valence-electron chi connectivity index (χ1n) is 7.51. The van der Waals surface area contributed by atoms with E-state index in [1.807, 2.05) is 0 Å². The van der Waals surface area contributed by atoms with E-state index in [1.54, 1.807) is 17.0 Å². The summed E-state index contributed by atoms with van der Waals surface area (Å²) in [6.07, 6.45) is 1.26. The van der Waals surface area contributed by atoms with Crippen molar-refractivity contribution in [1.29, 1.82) is 5.26 Å². The van der Waals surface area contributed by atoms with Gasteiger partial charge in [0.15, 0.2) is 0 Å². The molecule has 1 atom stereocenters. The van der Waals surface area contributed by atoms with Crippen LogP contribution >= 0.6 is 0 Å². The van der Waals surface area contributed by atoms with E-state index in [9.17, 15) is 9.18 Å². The minimum Gasteiger partial charge on any atom is -0.379 e. The lowest BCUT2D eigenvalue weighted by atomic mass is 10.1. The van der Waals surface area contributed by atoms with Gasteiger partial charge in [0.1, 0.15) is 11.9 Å². The highest BCUT2D eigenvalue weighted by Gasteiger charge is 2.33. The molecule has 22 heavy (non-hydrogen) atoms. The van der Waals surface area contributed by atoms with E-state index in [2.05, 4.69) is 4.90 Å². The third-order valence-corrected chi connectivity index (χ3v) is 4.25. The topological polar surface area (TPSA) is 56.6 Å². The number of nitriles is 1. The van der Waals surface area contributed by atoms with Crippen molar-refractivity contribution in [3.63, 3.8) is 0 Å². The first-order chi connectivity index (χ1) is 10.7. The summed E-state index contributed by atoms with van der Waals surface area (Å²) < 4.78 is 19.2. The van der Waals surface area contributed by atoms with Crippen molar-refractivity contribution in [3.05, 3.63) is 29.6 Å². The molecule has 1 aromatic rings. The van der Waals surface area contributed by atoms with Crippen LogP contribution in [0, 0.1) is 17.1 Å². The van der Waals surface area contributed by atoms with Crippen LogP contribution < -0.4 is 4.90 Å². The maximum atomic E-state index is 13.8. The minimum atomic E-state index is -0.579. The first-order valence-corrected chi connectivity index (χ1v) is 7.51. The van der Waals surface area contributed by atoms with Crippen LogP contribution in [-0.4, -0.2) is 49.7 Å². The Morgan fingerprint density at radius 2 is 2.14 bits per heavy atom. The van der Waals surface area contributed by atoms with Gasteiger partial charge in [-0.1, -0.05) is 0 Å². The first kappa shape index (κ1) is 14.9. The largest absolute Gasteiger partial charge is 0.379 e. The van der Waals surface area contributed by atoms with Crippen LogP contribution in [-0.2, 0) is 9.53 Å². The summed E-state index contributed by atoms with van der Waals surface area (Å²) in [6, 6.07) is 6.22. The van der Waals surface area contributed by atoms with Gasteiger partial charge >= 0.3 is 0 Å². The molecule has 0 saturated carbocycles. The van der Waals surface area contributed by atoms with E-state index in [0.29, 0.717) is 25.3 Å². The molecule has 0 bridgehead atoms. The molecule has 1 aromatic carbocycles. The zero-order valence-corrected chi connectivity index (χ0v) is 12.3. The Balaban J connectivity index is 1.78. The molecule has 0 N–H and O–H groups in total. The Morgan fingerprint density at radius 3 is 2.82 bits per heavy atom.